The predicted molar refractivity (Wildman–Crippen MR) is 92.2 cm³/mol. The van der Waals surface area contributed by atoms with Crippen LogP contribution in [0.1, 0.15) is 11.3 Å². The molecule has 0 bridgehead atoms. The largest absolute Gasteiger partial charge is 0.480 e. The fourth-order valence-electron chi connectivity index (χ4n) is 2.17. The number of urea groups is 1. The first kappa shape index (κ1) is 17.8. The van der Waals surface area contributed by atoms with Gasteiger partial charge in [-0.1, -0.05) is 0 Å². The molecule has 2 heterocycles. The first-order valence-electron chi connectivity index (χ1n) is 7.73. The average molecular weight is 332 g/mol. The number of carbonyl (C=O) groups excluding carboxylic acids is 1. The summed E-state index contributed by atoms with van der Waals surface area (Å²) in [5.41, 5.74) is 1.49. The third-order valence-electron chi connectivity index (χ3n) is 3.45. The molecular formula is C17H24N4O3. The van der Waals surface area contributed by atoms with Crippen molar-refractivity contribution in [2.45, 2.75) is 13.5 Å². The molecule has 1 N–H and O–H groups in total. The van der Waals surface area contributed by atoms with Crippen molar-refractivity contribution >= 4 is 11.7 Å². The molecule has 24 heavy (non-hydrogen) atoms. The van der Waals surface area contributed by atoms with E-state index < -0.39 is 0 Å². The molecule has 0 unspecified atom stereocenters. The zero-order chi connectivity index (χ0) is 17.5. The van der Waals surface area contributed by atoms with Crippen molar-refractivity contribution in [2.75, 3.05) is 39.6 Å². The Labute approximate surface area is 142 Å². The minimum Gasteiger partial charge on any atom is -0.480 e. The number of rotatable bonds is 7. The van der Waals surface area contributed by atoms with E-state index in [1.807, 2.05) is 44.1 Å². The number of amides is 2. The summed E-state index contributed by atoms with van der Waals surface area (Å²) < 4.78 is 10.6. The van der Waals surface area contributed by atoms with Gasteiger partial charge in [-0.3, -0.25) is 0 Å². The van der Waals surface area contributed by atoms with Crippen molar-refractivity contribution in [1.82, 2.24) is 14.8 Å². The molecule has 2 aromatic heterocycles. The molecule has 2 aromatic rings. The zero-order valence-electron chi connectivity index (χ0n) is 14.6. The molecule has 0 fully saturated rings. The Morgan fingerprint density at radius 3 is 2.79 bits per heavy atom. The molecular weight excluding hydrogens is 308 g/mol. The molecule has 0 aliphatic heterocycles. The van der Waals surface area contributed by atoms with Crippen molar-refractivity contribution in [2.24, 2.45) is 0 Å². The summed E-state index contributed by atoms with van der Waals surface area (Å²) in [4.78, 5) is 20.6. The molecule has 0 aliphatic rings. The summed E-state index contributed by atoms with van der Waals surface area (Å²) in [5, 5.41) is 2.88. The van der Waals surface area contributed by atoms with Gasteiger partial charge in [0.05, 0.1) is 19.9 Å². The van der Waals surface area contributed by atoms with Crippen LogP contribution in [0, 0.1) is 6.92 Å². The smallest absolute Gasteiger partial charge is 0.322 e. The van der Waals surface area contributed by atoms with E-state index >= 15 is 0 Å². The summed E-state index contributed by atoms with van der Waals surface area (Å²) in [6.07, 6.45) is 3.30. The van der Waals surface area contributed by atoms with E-state index in [0.717, 1.165) is 17.9 Å². The highest BCUT2D eigenvalue weighted by atomic mass is 16.5. The lowest BCUT2D eigenvalue weighted by Gasteiger charge is -2.24. The third kappa shape index (κ3) is 4.99. The highest BCUT2D eigenvalue weighted by Crippen LogP contribution is 2.22. The summed E-state index contributed by atoms with van der Waals surface area (Å²) in [5.74, 6) is 1.12. The zero-order valence-corrected chi connectivity index (χ0v) is 14.6. The second-order valence-electron chi connectivity index (χ2n) is 5.80. The number of anilines is 1. The molecule has 0 aliphatic carbocycles. The van der Waals surface area contributed by atoms with Crippen LogP contribution in [-0.4, -0.2) is 55.1 Å². The number of carbonyl (C=O) groups is 1. The van der Waals surface area contributed by atoms with Gasteiger partial charge in [0.15, 0.2) is 0 Å². The third-order valence-corrected chi connectivity index (χ3v) is 3.45. The maximum Gasteiger partial charge on any atom is 0.322 e. The number of nitrogens with one attached hydrogen (secondary N) is 1. The molecule has 2 rings (SSSR count). The van der Waals surface area contributed by atoms with Crippen LogP contribution in [0.4, 0.5) is 10.5 Å². The Kier molecular flexibility index (Phi) is 6.20. The second-order valence-corrected chi connectivity index (χ2v) is 5.80. The first-order chi connectivity index (χ1) is 11.5. The lowest BCUT2D eigenvalue weighted by Crippen LogP contribution is -2.39. The van der Waals surface area contributed by atoms with Gasteiger partial charge in [0.1, 0.15) is 11.4 Å². The first-order valence-corrected chi connectivity index (χ1v) is 7.73. The SMILES string of the molecule is COc1ncc(C)cc1NC(=O)N(CCN(C)C)Cc1ccco1. The molecule has 130 valence electrons. The van der Waals surface area contributed by atoms with Gasteiger partial charge in [-0.2, -0.15) is 0 Å². The summed E-state index contributed by atoms with van der Waals surface area (Å²) in [6, 6.07) is 5.27. The van der Waals surface area contributed by atoms with Crippen molar-refractivity contribution in [1.29, 1.82) is 0 Å². The number of methoxy groups -OCH3 is 1. The molecule has 0 atom stereocenters. The van der Waals surface area contributed by atoms with Crippen molar-refractivity contribution in [3.63, 3.8) is 0 Å². The van der Waals surface area contributed by atoms with E-state index in [1.54, 1.807) is 17.4 Å². The van der Waals surface area contributed by atoms with Gasteiger partial charge in [-0.15, -0.1) is 0 Å². The van der Waals surface area contributed by atoms with E-state index in [9.17, 15) is 4.79 Å². The Bertz CT molecular complexity index is 656. The fraction of sp³-hybridized carbons (Fsp3) is 0.412. The van der Waals surface area contributed by atoms with Gasteiger partial charge in [-0.25, -0.2) is 9.78 Å². The van der Waals surface area contributed by atoms with Gasteiger partial charge < -0.3 is 24.3 Å². The normalized spacial score (nSPS) is 10.7. The lowest BCUT2D eigenvalue weighted by atomic mass is 10.3. The van der Waals surface area contributed by atoms with Gasteiger partial charge in [0.2, 0.25) is 5.88 Å². The van der Waals surface area contributed by atoms with Crippen LogP contribution in [-0.2, 0) is 6.54 Å². The molecule has 0 aromatic carbocycles. The number of ether oxygens (including phenoxy) is 1. The number of likely N-dealkylation sites (N-methyl/N-ethyl adjacent to an activating group) is 1. The molecule has 7 heteroatoms. The Hall–Kier alpha value is -2.54. The molecule has 0 saturated carbocycles. The van der Waals surface area contributed by atoms with Crippen molar-refractivity contribution < 1.29 is 13.9 Å². The molecule has 0 spiro atoms. The van der Waals surface area contributed by atoms with Gasteiger partial charge in [0, 0.05) is 19.3 Å². The fourth-order valence-corrected chi connectivity index (χ4v) is 2.17. The van der Waals surface area contributed by atoms with Crippen LogP contribution < -0.4 is 10.1 Å². The quantitative estimate of drug-likeness (QED) is 0.844. The predicted octanol–water partition coefficient (Wildman–Crippen LogP) is 2.59. The highest BCUT2D eigenvalue weighted by Gasteiger charge is 2.18. The Morgan fingerprint density at radius 2 is 2.17 bits per heavy atom. The number of pyridine rings is 1. The summed E-state index contributed by atoms with van der Waals surface area (Å²) in [7, 11) is 5.47. The van der Waals surface area contributed by atoms with Crippen LogP contribution in [0.3, 0.4) is 0 Å². The molecule has 0 saturated heterocycles. The number of aromatic nitrogens is 1. The van der Waals surface area contributed by atoms with Crippen LogP contribution in [0.15, 0.2) is 35.1 Å². The minimum absolute atomic E-state index is 0.223. The van der Waals surface area contributed by atoms with Gasteiger partial charge in [-0.05, 0) is 44.8 Å². The van der Waals surface area contributed by atoms with Crippen LogP contribution in [0.25, 0.3) is 0 Å². The van der Waals surface area contributed by atoms with E-state index in [4.69, 9.17) is 9.15 Å². The summed E-state index contributed by atoms with van der Waals surface area (Å²) >= 11 is 0. The monoisotopic (exact) mass is 332 g/mol. The van der Waals surface area contributed by atoms with Crippen LogP contribution in [0.5, 0.6) is 5.88 Å². The van der Waals surface area contributed by atoms with E-state index in [2.05, 4.69) is 10.3 Å². The molecule has 7 nitrogen and oxygen atoms in total. The van der Waals surface area contributed by atoms with Crippen molar-refractivity contribution in [3.05, 3.63) is 42.0 Å². The van der Waals surface area contributed by atoms with E-state index in [0.29, 0.717) is 24.7 Å². The Morgan fingerprint density at radius 1 is 1.38 bits per heavy atom. The number of furan rings is 1. The Balaban J connectivity index is 2.13. The van der Waals surface area contributed by atoms with Gasteiger partial charge in [0.25, 0.3) is 0 Å². The highest BCUT2D eigenvalue weighted by molar-refractivity contribution is 5.90. The van der Waals surface area contributed by atoms with Crippen molar-refractivity contribution in [3.8, 4) is 5.88 Å². The number of nitrogens with zero attached hydrogens (tertiary/aromatic N) is 3. The van der Waals surface area contributed by atoms with E-state index in [-0.39, 0.29) is 6.03 Å². The number of hydrogen-bond acceptors (Lipinski definition) is 5. The molecule has 2 amide bonds. The van der Waals surface area contributed by atoms with E-state index in [1.165, 1.54) is 7.11 Å². The standard InChI is InChI=1S/C17H24N4O3/c1-13-10-15(16(23-4)18-11-13)19-17(22)21(8-7-20(2)3)12-14-6-5-9-24-14/h5-6,9-11H,7-8,12H2,1-4H3,(H,19,22). The average Bonchev–Trinajstić information content (AvgIpc) is 3.04. The molecule has 0 radical (unpaired) electrons. The maximum absolute atomic E-state index is 12.7. The van der Waals surface area contributed by atoms with Crippen LogP contribution >= 0.6 is 0 Å². The number of aryl methyl sites for hydroxylation is 1. The number of hydrogen-bond donors (Lipinski definition) is 1. The maximum atomic E-state index is 12.7. The second kappa shape index (κ2) is 8.35. The van der Waals surface area contributed by atoms with Crippen LogP contribution in [0.2, 0.25) is 0 Å². The lowest BCUT2D eigenvalue weighted by molar-refractivity contribution is 0.197. The minimum atomic E-state index is -0.223. The van der Waals surface area contributed by atoms with Gasteiger partial charge >= 0.3 is 6.03 Å². The summed E-state index contributed by atoms with van der Waals surface area (Å²) in [6.45, 7) is 3.63. The topological polar surface area (TPSA) is 70.8 Å².